The predicted molar refractivity (Wildman–Crippen MR) is 169 cm³/mol. The summed E-state index contributed by atoms with van der Waals surface area (Å²) in [6, 6.07) is 9.38. The van der Waals surface area contributed by atoms with Crippen LogP contribution in [0.15, 0.2) is 49.1 Å². The Morgan fingerprint density at radius 3 is 2.50 bits per heavy atom. The molecule has 0 amide bonds. The monoisotopic (exact) mass is 587 g/mol. The predicted octanol–water partition coefficient (Wildman–Crippen LogP) is 6.24. The number of aliphatic hydroxyl groups is 1. The van der Waals surface area contributed by atoms with Crippen molar-refractivity contribution in [1.82, 2.24) is 19.7 Å². The van der Waals surface area contributed by atoms with Crippen LogP contribution in [0.25, 0.3) is 0 Å². The highest BCUT2D eigenvalue weighted by atomic mass is 28.4. The molecule has 1 unspecified atom stereocenters. The van der Waals surface area contributed by atoms with Crippen LogP contribution in [0.4, 0.5) is 5.82 Å². The fourth-order valence-corrected chi connectivity index (χ4v) is 12.5. The summed E-state index contributed by atoms with van der Waals surface area (Å²) < 4.78 is 8.86. The molecule has 1 saturated carbocycles. The number of carbonyl (C=O) groups excluding carboxylic acids is 1. The van der Waals surface area contributed by atoms with Gasteiger partial charge >= 0.3 is 0 Å². The number of rotatable bonds is 12. The van der Waals surface area contributed by atoms with Crippen LogP contribution in [-0.4, -0.2) is 57.7 Å². The van der Waals surface area contributed by atoms with Crippen LogP contribution in [-0.2, 0) is 4.43 Å². The molecule has 2 aromatic heterocycles. The molecule has 224 valence electrons. The molecular formula is C33H45N5O3Si. The van der Waals surface area contributed by atoms with Crippen molar-refractivity contribution in [2.75, 3.05) is 11.9 Å². The quantitative estimate of drug-likeness (QED) is 0.147. The average Bonchev–Trinajstić information content (AvgIpc) is 3.62. The van der Waals surface area contributed by atoms with Gasteiger partial charge < -0.3 is 14.8 Å². The Balaban J connectivity index is 1.52. The highest BCUT2D eigenvalue weighted by molar-refractivity contribution is 6.77. The number of nitrogens with one attached hydrogen (secondary N) is 1. The number of benzene rings is 1. The van der Waals surface area contributed by atoms with Crippen molar-refractivity contribution in [2.45, 2.75) is 96.1 Å². The number of anilines is 1. The van der Waals surface area contributed by atoms with Crippen LogP contribution in [0.2, 0.25) is 16.6 Å². The first kappa shape index (κ1) is 31.6. The molecule has 1 fully saturated rings. The van der Waals surface area contributed by atoms with E-state index >= 15 is 0 Å². The van der Waals surface area contributed by atoms with Crippen molar-refractivity contribution in [3.63, 3.8) is 0 Å². The summed E-state index contributed by atoms with van der Waals surface area (Å²) in [4.78, 5) is 22.2. The molecule has 1 aromatic carbocycles. The Bertz CT molecular complexity index is 1390. The van der Waals surface area contributed by atoms with Crippen LogP contribution in [0.1, 0.15) is 94.5 Å². The lowest BCUT2D eigenvalue weighted by Crippen LogP contribution is -2.51. The molecule has 9 heteroatoms. The van der Waals surface area contributed by atoms with Crippen LogP contribution in [0.5, 0.6) is 0 Å². The maximum Gasteiger partial charge on any atom is 0.218 e. The molecule has 2 heterocycles. The van der Waals surface area contributed by atoms with E-state index < -0.39 is 8.32 Å². The van der Waals surface area contributed by atoms with Gasteiger partial charge in [0.15, 0.2) is 0 Å². The van der Waals surface area contributed by atoms with Gasteiger partial charge in [0, 0.05) is 36.5 Å². The number of ketones is 1. The van der Waals surface area contributed by atoms with Gasteiger partial charge in [-0.15, -0.1) is 6.42 Å². The maximum atomic E-state index is 13.6. The summed E-state index contributed by atoms with van der Waals surface area (Å²) >= 11 is 0. The number of carbonyl (C=O) groups is 1. The molecule has 2 N–H and O–H groups in total. The van der Waals surface area contributed by atoms with E-state index in [2.05, 4.69) is 67.8 Å². The third-order valence-corrected chi connectivity index (χ3v) is 15.1. The second kappa shape index (κ2) is 13.3. The van der Waals surface area contributed by atoms with Gasteiger partial charge in [0.2, 0.25) is 14.1 Å². The fraction of sp³-hybridized carbons (Fsp3) is 0.515. The zero-order valence-electron chi connectivity index (χ0n) is 25.9. The molecule has 0 radical (unpaired) electrons. The van der Waals surface area contributed by atoms with E-state index in [0.717, 1.165) is 24.0 Å². The van der Waals surface area contributed by atoms with Crippen LogP contribution >= 0.6 is 0 Å². The third kappa shape index (κ3) is 6.36. The SMILES string of the molecule is C#Cc1cccc(C(C)n2ccc(C(=O)c3cncnc3N[C@@H]3C[C@H](CO)[C@@H](O[Si](C(C)C)(C(C)C)C(C)C)C3)n2)c1. The van der Waals surface area contributed by atoms with Crippen molar-refractivity contribution in [1.29, 1.82) is 0 Å². The minimum absolute atomic E-state index is 0.00722. The zero-order chi connectivity index (χ0) is 30.6. The Labute approximate surface area is 251 Å². The van der Waals surface area contributed by atoms with Crippen LogP contribution < -0.4 is 5.32 Å². The fourth-order valence-electron chi connectivity index (χ4n) is 6.87. The lowest BCUT2D eigenvalue weighted by atomic mass is 10.1. The van der Waals surface area contributed by atoms with Gasteiger partial charge in [-0.25, -0.2) is 9.97 Å². The summed E-state index contributed by atoms with van der Waals surface area (Å²) in [5, 5.41) is 18.4. The van der Waals surface area contributed by atoms with Crippen LogP contribution in [0, 0.1) is 18.3 Å². The van der Waals surface area contributed by atoms with E-state index in [1.807, 2.05) is 31.2 Å². The normalized spacial score (nSPS) is 19.8. The van der Waals surface area contributed by atoms with Crippen molar-refractivity contribution in [2.24, 2.45) is 5.92 Å². The molecule has 4 atom stereocenters. The van der Waals surface area contributed by atoms with Gasteiger partial charge in [0.05, 0.1) is 17.7 Å². The summed E-state index contributed by atoms with van der Waals surface area (Å²) in [6.07, 6.45) is 11.8. The van der Waals surface area contributed by atoms with Gasteiger partial charge in [0.25, 0.3) is 0 Å². The summed E-state index contributed by atoms with van der Waals surface area (Å²) in [6.45, 7) is 15.7. The molecule has 3 aromatic rings. The lowest BCUT2D eigenvalue weighted by Gasteiger charge is -2.45. The number of hydrogen-bond acceptors (Lipinski definition) is 7. The molecule has 8 nitrogen and oxygen atoms in total. The van der Waals surface area contributed by atoms with E-state index in [0.29, 0.717) is 33.7 Å². The van der Waals surface area contributed by atoms with Crippen molar-refractivity contribution in [3.05, 3.63) is 71.4 Å². The van der Waals surface area contributed by atoms with Crippen molar-refractivity contribution >= 4 is 19.9 Å². The van der Waals surface area contributed by atoms with Gasteiger partial charge in [0.1, 0.15) is 17.8 Å². The first-order chi connectivity index (χ1) is 20.0. The minimum Gasteiger partial charge on any atom is -0.413 e. The van der Waals surface area contributed by atoms with Gasteiger partial charge in [-0.3, -0.25) is 9.48 Å². The average molecular weight is 588 g/mol. The molecule has 0 bridgehead atoms. The smallest absolute Gasteiger partial charge is 0.218 e. The van der Waals surface area contributed by atoms with E-state index in [1.165, 1.54) is 12.5 Å². The standard InChI is InChI=1S/C33H45N5O3Si/c1-9-25-11-10-12-26(15-25)24(8)38-14-13-30(37-38)32(40)29-18-34-20-35-33(29)36-28-16-27(19-39)31(17-28)41-42(21(2)3,22(4)5)23(6)7/h1,10-15,18,20-24,27-28,31,39H,16-17,19H2,2-8H3,(H,34,35,36)/t24?,27-,28-,31+/m1/s1. The van der Waals surface area contributed by atoms with E-state index in [1.54, 1.807) is 16.9 Å². The van der Waals surface area contributed by atoms with Crippen molar-refractivity contribution in [3.8, 4) is 12.3 Å². The maximum absolute atomic E-state index is 13.6. The Morgan fingerprint density at radius 1 is 1.14 bits per heavy atom. The Kier molecular flexibility index (Phi) is 10.0. The number of aromatic nitrogens is 4. The summed E-state index contributed by atoms with van der Waals surface area (Å²) in [7, 11) is -2.12. The van der Waals surface area contributed by atoms with Crippen molar-refractivity contribution < 1.29 is 14.3 Å². The Morgan fingerprint density at radius 2 is 1.86 bits per heavy atom. The molecule has 42 heavy (non-hydrogen) atoms. The number of terminal acetylenes is 1. The largest absolute Gasteiger partial charge is 0.413 e. The second-order valence-electron chi connectivity index (χ2n) is 12.5. The zero-order valence-corrected chi connectivity index (χ0v) is 26.9. The summed E-state index contributed by atoms with van der Waals surface area (Å²) in [5.41, 5.74) is 3.86. The van der Waals surface area contributed by atoms with E-state index in [-0.39, 0.29) is 36.5 Å². The molecule has 0 saturated heterocycles. The van der Waals surface area contributed by atoms with E-state index in [9.17, 15) is 9.90 Å². The van der Waals surface area contributed by atoms with Crippen LogP contribution in [0.3, 0.4) is 0 Å². The van der Waals surface area contributed by atoms with Gasteiger partial charge in [-0.1, -0.05) is 59.6 Å². The topological polar surface area (TPSA) is 102 Å². The highest BCUT2D eigenvalue weighted by Gasteiger charge is 2.49. The molecular weight excluding hydrogens is 542 g/mol. The Hall–Kier alpha value is -3.32. The minimum atomic E-state index is -2.12. The highest BCUT2D eigenvalue weighted by Crippen LogP contribution is 2.46. The lowest BCUT2D eigenvalue weighted by molar-refractivity contribution is 0.0941. The first-order valence-corrected chi connectivity index (χ1v) is 17.2. The van der Waals surface area contributed by atoms with E-state index in [4.69, 9.17) is 10.8 Å². The number of aliphatic hydroxyl groups excluding tert-OH is 1. The second-order valence-corrected chi connectivity index (χ2v) is 17.9. The summed E-state index contributed by atoms with van der Waals surface area (Å²) in [5.74, 6) is 2.91. The molecule has 0 aliphatic heterocycles. The molecule has 1 aliphatic rings. The third-order valence-electron chi connectivity index (χ3n) is 9.00. The van der Waals surface area contributed by atoms with Gasteiger partial charge in [-0.05, 0) is 60.2 Å². The molecule has 4 rings (SSSR count). The van der Waals surface area contributed by atoms with Gasteiger partial charge in [-0.2, -0.15) is 5.10 Å². The number of nitrogens with zero attached hydrogens (tertiary/aromatic N) is 4. The molecule has 1 aliphatic carbocycles. The first-order valence-electron chi connectivity index (χ1n) is 15.0. The molecule has 0 spiro atoms. The number of hydrogen-bond donors (Lipinski definition) is 2.